The summed E-state index contributed by atoms with van der Waals surface area (Å²) in [5, 5.41) is 13.6. The maximum atomic E-state index is 11.5. The Hall–Kier alpha value is -1.61. The fraction of sp³-hybridized carbons (Fsp3) is 0.757. The predicted molar refractivity (Wildman–Crippen MR) is 165 cm³/mol. The Bertz CT molecular complexity index is 1180. The lowest BCUT2D eigenvalue weighted by molar-refractivity contribution is -0.217. The molecule has 5 aliphatic carbocycles. The van der Waals surface area contributed by atoms with E-state index in [0.29, 0.717) is 33.3 Å². The summed E-state index contributed by atoms with van der Waals surface area (Å²) in [5.74, 6) is 3.01. The molecule has 220 valence electrons. The lowest BCUT2D eigenvalue weighted by atomic mass is 9.33. The van der Waals surface area contributed by atoms with Crippen molar-refractivity contribution >= 4 is 11.5 Å². The van der Waals surface area contributed by atoms with Crippen molar-refractivity contribution < 1.29 is 9.90 Å². The topological polar surface area (TPSA) is 49.3 Å². The first-order chi connectivity index (χ1) is 18.8. The lowest BCUT2D eigenvalue weighted by Crippen LogP contribution is -2.67. The van der Waals surface area contributed by atoms with Crippen LogP contribution in [0.5, 0.6) is 0 Å². The number of carbonyl (C=O) groups is 1. The monoisotopic (exact) mass is 545 g/mol. The van der Waals surface area contributed by atoms with Gasteiger partial charge in [-0.15, -0.1) is 0 Å². The van der Waals surface area contributed by atoms with Crippen LogP contribution in [0.25, 0.3) is 5.57 Å². The SMILES string of the molecule is CC(C)CNC12CCCC1C1CCC3C4(C)CC=C(c5ccc(C(=O)O)cc5)C(C)(C)C4CCC3(C)[C@]1(C)CC2. The smallest absolute Gasteiger partial charge is 0.335 e. The molecule has 4 fully saturated rings. The molecule has 8 atom stereocenters. The van der Waals surface area contributed by atoms with Gasteiger partial charge in [0, 0.05) is 5.54 Å². The molecule has 3 nitrogen and oxygen atoms in total. The summed E-state index contributed by atoms with van der Waals surface area (Å²) in [6.07, 6.45) is 16.2. The number of carboxylic acids is 1. The largest absolute Gasteiger partial charge is 0.478 e. The summed E-state index contributed by atoms with van der Waals surface area (Å²) >= 11 is 0. The maximum absolute atomic E-state index is 11.5. The molecule has 0 aliphatic heterocycles. The van der Waals surface area contributed by atoms with Gasteiger partial charge in [0.15, 0.2) is 0 Å². The molecule has 0 aromatic heterocycles. The molecule has 2 N–H and O–H groups in total. The molecule has 1 aromatic carbocycles. The highest BCUT2D eigenvalue weighted by molar-refractivity contribution is 5.88. The zero-order valence-electron chi connectivity index (χ0n) is 26.4. The molecule has 4 saturated carbocycles. The van der Waals surface area contributed by atoms with Gasteiger partial charge in [-0.05, 0) is 139 Å². The van der Waals surface area contributed by atoms with E-state index in [2.05, 4.69) is 59.9 Å². The van der Waals surface area contributed by atoms with Gasteiger partial charge in [-0.3, -0.25) is 0 Å². The van der Waals surface area contributed by atoms with Gasteiger partial charge < -0.3 is 10.4 Å². The molecular weight excluding hydrogens is 490 g/mol. The van der Waals surface area contributed by atoms with E-state index in [9.17, 15) is 9.90 Å². The van der Waals surface area contributed by atoms with Crippen LogP contribution in [-0.2, 0) is 0 Å². The van der Waals surface area contributed by atoms with E-state index in [0.717, 1.165) is 30.1 Å². The van der Waals surface area contributed by atoms with E-state index < -0.39 is 5.97 Å². The minimum absolute atomic E-state index is 0.0742. The molecule has 0 heterocycles. The summed E-state index contributed by atoms with van der Waals surface area (Å²) < 4.78 is 0. The first kappa shape index (κ1) is 28.5. The van der Waals surface area contributed by atoms with Crippen molar-refractivity contribution in [1.82, 2.24) is 5.32 Å². The number of carboxylic acid groups (broad SMARTS) is 1. The van der Waals surface area contributed by atoms with Crippen molar-refractivity contribution in [3.05, 3.63) is 41.5 Å². The van der Waals surface area contributed by atoms with Gasteiger partial charge in [0.05, 0.1) is 5.56 Å². The van der Waals surface area contributed by atoms with Crippen LogP contribution < -0.4 is 5.32 Å². The maximum Gasteiger partial charge on any atom is 0.335 e. The lowest BCUT2D eigenvalue weighted by Gasteiger charge is -2.72. The average molecular weight is 546 g/mol. The summed E-state index contributed by atoms with van der Waals surface area (Å²) in [6.45, 7) is 19.0. The van der Waals surface area contributed by atoms with Crippen LogP contribution in [0.1, 0.15) is 129 Å². The van der Waals surface area contributed by atoms with Gasteiger partial charge in [-0.25, -0.2) is 4.79 Å². The number of rotatable bonds is 5. The standard InChI is InChI=1S/C37H55NO2/c1-24(2)23-38-37-18-8-9-29(37)28-14-15-31-34(5)19-16-27(25-10-12-26(13-11-25)32(39)40)33(3,4)30(34)17-20-36(31,7)35(28,6)21-22-37/h10-13,16,24,28-31,38H,8-9,14-15,17-23H2,1-7H3,(H,39,40)/t28?,29?,30?,31?,34?,35-,36?,37?/m1/s1. The molecule has 0 saturated heterocycles. The van der Waals surface area contributed by atoms with Crippen molar-refractivity contribution in [1.29, 1.82) is 0 Å². The van der Waals surface area contributed by atoms with Crippen molar-refractivity contribution in [3.63, 3.8) is 0 Å². The van der Waals surface area contributed by atoms with Crippen LogP contribution in [0.15, 0.2) is 30.3 Å². The Kier molecular flexibility index (Phi) is 6.73. The first-order valence-electron chi connectivity index (χ1n) is 16.6. The van der Waals surface area contributed by atoms with Crippen LogP contribution in [0, 0.1) is 51.2 Å². The molecule has 0 radical (unpaired) electrons. The van der Waals surface area contributed by atoms with E-state index in [1.807, 2.05) is 12.1 Å². The van der Waals surface area contributed by atoms with E-state index in [-0.39, 0.29) is 5.41 Å². The molecule has 5 aliphatic rings. The summed E-state index contributed by atoms with van der Waals surface area (Å²) in [7, 11) is 0. The van der Waals surface area contributed by atoms with E-state index in [1.165, 1.54) is 75.5 Å². The third-order valence-electron chi connectivity index (χ3n) is 14.2. The Balaban J connectivity index is 1.31. The Morgan fingerprint density at radius 3 is 2.27 bits per heavy atom. The van der Waals surface area contributed by atoms with Crippen molar-refractivity contribution in [2.24, 2.45) is 51.2 Å². The van der Waals surface area contributed by atoms with Crippen LogP contribution in [0.2, 0.25) is 0 Å². The van der Waals surface area contributed by atoms with Crippen LogP contribution in [-0.4, -0.2) is 23.2 Å². The fourth-order valence-corrected chi connectivity index (χ4v) is 12.2. The summed E-state index contributed by atoms with van der Waals surface area (Å²) in [4.78, 5) is 11.5. The second kappa shape index (κ2) is 9.45. The second-order valence-corrected chi connectivity index (χ2v) is 16.5. The van der Waals surface area contributed by atoms with E-state index in [1.54, 1.807) is 12.1 Å². The molecule has 0 bridgehead atoms. The Labute approximate surface area is 244 Å². The third kappa shape index (κ3) is 3.88. The zero-order chi connectivity index (χ0) is 28.7. The number of hydrogen-bond donors (Lipinski definition) is 2. The van der Waals surface area contributed by atoms with Crippen molar-refractivity contribution in [3.8, 4) is 0 Å². The fourth-order valence-electron chi connectivity index (χ4n) is 12.2. The van der Waals surface area contributed by atoms with Gasteiger partial charge in [-0.1, -0.05) is 73.1 Å². The normalized spacial score (nSPS) is 43.8. The quantitative estimate of drug-likeness (QED) is 0.388. The minimum Gasteiger partial charge on any atom is -0.478 e. The number of benzene rings is 1. The van der Waals surface area contributed by atoms with Gasteiger partial charge in [0.1, 0.15) is 0 Å². The van der Waals surface area contributed by atoms with E-state index in [4.69, 9.17) is 0 Å². The highest BCUT2D eigenvalue weighted by atomic mass is 16.4. The molecule has 40 heavy (non-hydrogen) atoms. The summed E-state index contributed by atoms with van der Waals surface area (Å²) in [6, 6.07) is 7.65. The van der Waals surface area contributed by atoms with Crippen LogP contribution >= 0.6 is 0 Å². The van der Waals surface area contributed by atoms with Gasteiger partial charge in [-0.2, -0.15) is 0 Å². The second-order valence-electron chi connectivity index (χ2n) is 16.5. The number of aromatic carboxylic acids is 1. The number of nitrogens with one attached hydrogen (secondary N) is 1. The average Bonchev–Trinajstić information content (AvgIpc) is 3.32. The highest BCUT2D eigenvalue weighted by Gasteiger charge is 2.69. The zero-order valence-corrected chi connectivity index (χ0v) is 26.4. The molecule has 3 heteroatoms. The number of fused-ring (bicyclic) bond motifs is 7. The Morgan fingerprint density at radius 1 is 0.875 bits per heavy atom. The molecule has 6 rings (SSSR count). The highest BCUT2D eigenvalue weighted by Crippen LogP contribution is 2.76. The number of hydrogen-bond acceptors (Lipinski definition) is 2. The predicted octanol–water partition coefficient (Wildman–Crippen LogP) is 9.23. The third-order valence-corrected chi connectivity index (χ3v) is 14.2. The van der Waals surface area contributed by atoms with Crippen molar-refractivity contribution in [2.45, 2.75) is 118 Å². The minimum atomic E-state index is -0.847. The molecule has 0 amide bonds. The van der Waals surface area contributed by atoms with Crippen molar-refractivity contribution in [2.75, 3.05) is 6.54 Å². The van der Waals surface area contributed by atoms with Gasteiger partial charge in [0.25, 0.3) is 0 Å². The molecule has 7 unspecified atom stereocenters. The number of allylic oxidation sites excluding steroid dienone is 2. The van der Waals surface area contributed by atoms with Crippen LogP contribution in [0.4, 0.5) is 0 Å². The molecular formula is C37H55NO2. The molecule has 1 aromatic rings. The summed E-state index contributed by atoms with van der Waals surface area (Å²) in [5.41, 5.74) is 4.64. The van der Waals surface area contributed by atoms with Crippen LogP contribution in [0.3, 0.4) is 0 Å². The van der Waals surface area contributed by atoms with E-state index >= 15 is 0 Å². The van der Waals surface area contributed by atoms with Gasteiger partial charge in [0.2, 0.25) is 0 Å². The van der Waals surface area contributed by atoms with Gasteiger partial charge >= 0.3 is 5.97 Å². The molecule has 0 spiro atoms. The first-order valence-corrected chi connectivity index (χ1v) is 16.6. The Morgan fingerprint density at radius 2 is 1.60 bits per heavy atom.